The van der Waals surface area contributed by atoms with Crippen molar-refractivity contribution in [1.29, 1.82) is 0 Å². The summed E-state index contributed by atoms with van der Waals surface area (Å²) in [7, 11) is 7.98. The van der Waals surface area contributed by atoms with Crippen LogP contribution < -0.4 is 14.2 Å². The topological polar surface area (TPSA) is 88.5 Å². The van der Waals surface area contributed by atoms with Crippen molar-refractivity contribution in [3.63, 3.8) is 0 Å². The number of aliphatic hydroxyl groups is 1. The minimum atomic E-state index is -0.958. The Balaban J connectivity index is 2.24. The van der Waals surface area contributed by atoms with Crippen LogP contribution in [0.1, 0.15) is 17.2 Å². The number of benzene rings is 2. The average molecular weight is 458 g/mol. The summed E-state index contributed by atoms with van der Waals surface area (Å²) in [4.78, 5) is 29.4. The second kappa shape index (κ2) is 9.91. The third-order valence-corrected chi connectivity index (χ3v) is 5.48. The van der Waals surface area contributed by atoms with Crippen LogP contribution in [0.4, 0.5) is 4.39 Å². The molecule has 1 atom stereocenters. The van der Waals surface area contributed by atoms with Crippen LogP contribution in [0.3, 0.4) is 0 Å². The lowest BCUT2D eigenvalue weighted by molar-refractivity contribution is -0.140. The van der Waals surface area contributed by atoms with Crippen molar-refractivity contribution < 1.29 is 33.3 Å². The SMILES string of the molecule is COc1ccc(OC)c([C@H]2/C(=C(\O)c3ccc(OC)c(F)c3)C(=O)C(=O)N2CCN(C)C)c1. The molecule has 176 valence electrons. The van der Waals surface area contributed by atoms with Crippen molar-refractivity contribution in [3.8, 4) is 17.2 Å². The Morgan fingerprint density at radius 1 is 1.03 bits per heavy atom. The lowest BCUT2D eigenvalue weighted by atomic mass is 9.94. The fourth-order valence-corrected chi connectivity index (χ4v) is 3.76. The number of amides is 1. The zero-order chi connectivity index (χ0) is 24.3. The summed E-state index contributed by atoms with van der Waals surface area (Å²) < 4.78 is 30.1. The number of carbonyl (C=O) groups excluding carboxylic acids is 2. The van der Waals surface area contributed by atoms with Gasteiger partial charge < -0.3 is 29.1 Å². The Morgan fingerprint density at radius 3 is 2.27 bits per heavy atom. The van der Waals surface area contributed by atoms with E-state index in [2.05, 4.69) is 0 Å². The summed E-state index contributed by atoms with van der Waals surface area (Å²) in [5, 5.41) is 11.1. The van der Waals surface area contributed by atoms with E-state index in [9.17, 15) is 19.1 Å². The number of ketones is 1. The molecule has 2 aromatic carbocycles. The van der Waals surface area contributed by atoms with E-state index in [4.69, 9.17) is 14.2 Å². The maximum absolute atomic E-state index is 14.3. The number of likely N-dealkylation sites (N-methyl/N-ethyl adjacent to an activating group) is 1. The monoisotopic (exact) mass is 458 g/mol. The van der Waals surface area contributed by atoms with E-state index in [0.29, 0.717) is 23.6 Å². The Morgan fingerprint density at radius 2 is 1.70 bits per heavy atom. The summed E-state index contributed by atoms with van der Waals surface area (Å²) in [5.41, 5.74) is 0.353. The lowest BCUT2D eigenvalue weighted by Gasteiger charge is -2.28. The smallest absolute Gasteiger partial charge is 0.295 e. The Labute approximate surface area is 191 Å². The number of hydrogen-bond acceptors (Lipinski definition) is 7. The number of Topliss-reactive ketones (excluding diaryl/α,β-unsaturated/α-hetero) is 1. The predicted molar refractivity (Wildman–Crippen MR) is 120 cm³/mol. The highest BCUT2D eigenvalue weighted by Crippen LogP contribution is 2.44. The van der Waals surface area contributed by atoms with Crippen LogP contribution in [0.15, 0.2) is 42.0 Å². The molecule has 1 fully saturated rings. The van der Waals surface area contributed by atoms with Crippen molar-refractivity contribution in [2.24, 2.45) is 0 Å². The highest BCUT2D eigenvalue weighted by atomic mass is 19.1. The van der Waals surface area contributed by atoms with Gasteiger partial charge in [0.15, 0.2) is 11.6 Å². The summed E-state index contributed by atoms with van der Waals surface area (Å²) in [6, 6.07) is 7.86. The first-order valence-corrected chi connectivity index (χ1v) is 10.2. The van der Waals surface area contributed by atoms with Crippen molar-refractivity contribution in [1.82, 2.24) is 9.80 Å². The van der Waals surface area contributed by atoms with Crippen molar-refractivity contribution >= 4 is 17.4 Å². The van der Waals surface area contributed by atoms with Crippen LogP contribution in [-0.4, -0.2) is 75.1 Å². The third kappa shape index (κ3) is 4.63. The van der Waals surface area contributed by atoms with Crippen molar-refractivity contribution in [2.45, 2.75) is 6.04 Å². The zero-order valence-electron chi connectivity index (χ0n) is 19.2. The fraction of sp³-hybridized carbons (Fsp3) is 0.333. The number of hydrogen-bond donors (Lipinski definition) is 1. The molecule has 1 aliphatic rings. The maximum atomic E-state index is 14.3. The van der Waals surface area contributed by atoms with Gasteiger partial charge in [-0.3, -0.25) is 9.59 Å². The van der Waals surface area contributed by atoms with Gasteiger partial charge in [-0.15, -0.1) is 0 Å². The van der Waals surface area contributed by atoms with Crippen LogP contribution in [0.2, 0.25) is 0 Å². The summed E-state index contributed by atoms with van der Waals surface area (Å²) in [6.45, 7) is 0.698. The molecule has 0 aromatic heterocycles. The maximum Gasteiger partial charge on any atom is 0.295 e. The molecule has 0 spiro atoms. The number of carbonyl (C=O) groups is 2. The van der Waals surface area contributed by atoms with Crippen LogP contribution in [-0.2, 0) is 9.59 Å². The van der Waals surface area contributed by atoms with Crippen molar-refractivity contribution in [2.75, 3.05) is 48.5 Å². The molecule has 1 N–H and O–H groups in total. The first-order chi connectivity index (χ1) is 15.7. The average Bonchev–Trinajstić information content (AvgIpc) is 3.06. The molecule has 0 bridgehead atoms. The molecule has 33 heavy (non-hydrogen) atoms. The minimum absolute atomic E-state index is 0.0102. The second-order valence-corrected chi connectivity index (χ2v) is 7.75. The van der Waals surface area contributed by atoms with Gasteiger partial charge in [0.2, 0.25) is 0 Å². The molecule has 3 rings (SSSR count). The van der Waals surface area contributed by atoms with E-state index < -0.39 is 29.3 Å². The first-order valence-electron chi connectivity index (χ1n) is 10.2. The summed E-state index contributed by atoms with van der Waals surface area (Å²) >= 11 is 0. The largest absolute Gasteiger partial charge is 0.507 e. The molecule has 1 heterocycles. The zero-order valence-corrected chi connectivity index (χ0v) is 19.2. The molecule has 2 aromatic rings. The molecule has 0 saturated carbocycles. The third-order valence-electron chi connectivity index (χ3n) is 5.48. The molecular weight excluding hydrogens is 431 g/mol. The molecule has 0 unspecified atom stereocenters. The minimum Gasteiger partial charge on any atom is -0.507 e. The summed E-state index contributed by atoms with van der Waals surface area (Å²) in [6.07, 6.45) is 0. The Kier molecular flexibility index (Phi) is 7.23. The number of rotatable bonds is 8. The molecule has 8 nitrogen and oxygen atoms in total. The van der Waals surface area contributed by atoms with Gasteiger partial charge in [0.1, 0.15) is 17.3 Å². The fourth-order valence-electron chi connectivity index (χ4n) is 3.76. The molecule has 0 radical (unpaired) electrons. The quantitative estimate of drug-likeness (QED) is 0.370. The number of ether oxygens (including phenoxy) is 3. The molecule has 9 heteroatoms. The van der Waals surface area contributed by atoms with E-state index in [1.807, 2.05) is 19.0 Å². The number of nitrogens with zero attached hydrogens (tertiary/aromatic N) is 2. The van der Waals surface area contributed by atoms with Gasteiger partial charge in [0.05, 0.1) is 32.9 Å². The standard InChI is InChI=1S/C24H27FN2O6/c1-26(2)10-11-27-21(16-13-15(31-3)7-9-18(16)32-4)20(23(29)24(27)30)22(28)14-6-8-19(33-5)17(25)12-14/h6-9,12-13,21,28H,10-11H2,1-5H3/b22-20+/t21-/m0/s1. The van der Waals surface area contributed by atoms with Crippen LogP contribution in [0, 0.1) is 5.82 Å². The molecule has 0 aliphatic carbocycles. The van der Waals surface area contributed by atoms with E-state index in [1.54, 1.807) is 18.2 Å². The van der Waals surface area contributed by atoms with Crippen molar-refractivity contribution in [3.05, 3.63) is 58.9 Å². The number of aliphatic hydroxyl groups excluding tert-OH is 1. The van der Waals surface area contributed by atoms with Crippen LogP contribution in [0.25, 0.3) is 5.76 Å². The van der Waals surface area contributed by atoms with E-state index in [-0.39, 0.29) is 23.4 Å². The lowest BCUT2D eigenvalue weighted by Crippen LogP contribution is -2.35. The highest BCUT2D eigenvalue weighted by molar-refractivity contribution is 6.46. The Bertz CT molecular complexity index is 1100. The molecular formula is C24H27FN2O6. The van der Waals surface area contributed by atoms with Gasteiger partial charge in [0.25, 0.3) is 11.7 Å². The normalized spacial score (nSPS) is 17.5. The summed E-state index contributed by atoms with van der Waals surface area (Å²) in [5.74, 6) is -1.94. The first kappa shape index (κ1) is 24.1. The molecule has 1 amide bonds. The number of likely N-dealkylation sites (tertiary alicyclic amines) is 1. The van der Waals surface area contributed by atoms with Gasteiger partial charge in [-0.05, 0) is 50.5 Å². The van der Waals surface area contributed by atoms with Gasteiger partial charge in [-0.25, -0.2) is 4.39 Å². The van der Waals surface area contributed by atoms with Gasteiger partial charge in [-0.1, -0.05) is 0 Å². The van der Waals surface area contributed by atoms with Gasteiger partial charge in [-0.2, -0.15) is 0 Å². The molecule has 1 saturated heterocycles. The number of halogens is 1. The van der Waals surface area contributed by atoms with Gasteiger partial charge >= 0.3 is 0 Å². The van der Waals surface area contributed by atoms with Crippen LogP contribution in [0.5, 0.6) is 17.2 Å². The Hall–Kier alpha value is -3.59. The number of methoxy groups -OCH3 is 3. The van der Waals surface area contributed by atoms with E-state index in [0.717, 1.165) is 6.07 Å². The molecule has 1 aliphatic heterocycles. The second-order valence-electron chi connectivity index (χ2n) is 7.75. The predicted octanol–water partition coefficient (Wildman–Crippen LogP) is 2.83. The van der Waals surface area contributed by atoms with E-state index >= 15 is 0 Å². The van der Waals surface area contributed by atoms with E-state index in [1.165, 1.54) is 38.4 Å². The van der Waals surface area contributed by atoms with Gasteiger partial charge in [0, 0.05) is 24.2 Å². The highest BCUT2D eigenvalue weighted by Gasteiger charge is 2.47. The van der Waals surface area contributed by atoms with Crippen LogP contribution >= 0.6 is 0 Å².